The third kappa shape index (κ3) is 5.06. The molecule has 0 radical (unpaired) electrons. The van der Waals surface area contributed by atoms with Gasteiger partial charge >= 0.3 is 0 Å². The van der Waals surface area contributed by atoms with Crippen LogP contribution in [0.4, 0.5) is 0 Å². The maximum absolute atomic E-state index is 14.4. The Bertz CT molecular complexity index is 1080. The van der Waals surface area contributed by atoms with Crippen LogP contribution < -0.4 is 0 Å². The van der Waals surface area contributed by atoms with Crippen LogP contribution in [0.15, 0.2) is 55.6 Å². The van der Waals surface area contributed by atoms with E-state index in [0.717, 1.165) is 24.8 Å². The zero-order chi connectivity index (χ0) is 28.3. The molecule has 8 heteroatoms. The van der Waals surface area contributed by atoms with Crippen molar-refractivity contribution in [2.75, 3.05) is 26.2 Å². The van der Waals surface area contributed by atoms with Gasteiger partial charge in [-0.2, -0.15) is 0 Å². The fraction of sp³-hybridized carbons (Fsp3) is 0.581. The third-order valence-corrected chi connectivity index (χ3v) is 10.9. The number of aliphatic hydroxyl groups excluding tert-OH is 1. The van der Waals surface area contributed by atoms with E-state index in [1.165, 1.54) is 0 Å². The summed E-state index contributed by atoms with van der Waals surface area (Å²) in [6.07, 6.45) is 6.02. The van der Waals surface area contributed by atoms with Crippen LogP contribution in [0, 0.1) is 17.8 Å². The molecule has 3 fully saturated rings. The van der Waals surface area contributed by atoms with Crippen molar-refractivity contribution < 1.29 is 19.5 Å². The first-order chi connectivity index (χ1) is 18.8. The lowest BCUT2D eigenvalue weighted by Crippen LogP contribution is -2.59. The third-order valence-electron chi connectivity index (χ3n) is 8.83. The molecule has 0 saturated carbocycles. The SMILES string of the molecule is C=CCN(Cc1ccccc1)C(=O)[C@@H]1[C@H]2C(=O)N(CCO)C(C(=O)N(CC=C)C(C)CCC)C23S[C@@H]1CC3C. The van der Waals surface area contributed by atoms with Gasteiger partial charge in [0.05, 0.1) is 23.2 Å². The minimum Gasteiger partial charge on any atom is -0.395 e. The standard InChI is InChI=1S/C31H43N3O4S/c1-6-12-22(5)33(16-8-3)30(38)27-31-21(4)19-24(39-31)25(26(31)29(37)34(27)17-18-35)28(36)32(15-7-2)20-23-13-10-9-11-14-23/h7-11,13-14,21-22,24-27,35H,2-3,6,12,15-20H2,1,4-5H3/t21?,22?,24-,25+,26+,27?,31?/m1/s1. The quantitative estimate of drug-likeness (QED) is 0.377. The molecule has 7 atom stereocenters. The van der Waals surface area contributed by atoms with Crippen molar-refractivity contribution in [2.45, 2.75) is 68.7 Å². The molecule has 1 spiro atoms. The van der Waals surface area contributed by atoms with E-state index in [9.17, 15) is 19.5 Å². The van der Waals surface area contributed by atoms with E-state index in [2.05, 4.69) is 27.0 Å². The Morgan fingerprint density at radius 3 is 2.51 bits per heavy atom. The predicted octanol–water partition coefficient (Wildman–Crippen LogP) is 3.73. The molecule has 0 aromatic heterocycles. The van der Waals surface area contributed by atoms with Crippen molar-refractivity contribution >= 4 is 29.5 Å². The van der Waals surface area contributed by atoms with Gasteiger partial charge in [-0.05, 0) is 31.2 Å². The normalized spacial score (nSPS) is 29.7. The summed E-state index contributed by atoms with van der Waals surface area (Å²) in [5.41, 5.74) is 1.02. The first-order valence-corrected chi connectivity index (χ1v) is 15.1. The van der Waals surface area contributed by atoms with E-state index in [1.54, 1.807) is 33.7 Å². The Morgan fingerprint density at radius 2 is 1.90 bits per heavy atom. The lowest BCUT2D eigenvalue weighted by Gasteiger charge is -2.42. The number of carbonyl (C=O) groups excluding carboxylic acids is 3. The summed E-state index contributed by atoms with van der Waals surface area (Å²) in [4.78, 5) is 48.0. The minimum atomic E-state index is -0.716. The molecule has 212 valence electrons. The maximum atomic E-state index is 14.4. The number of fused-ring (bicyclic) bond motifs is 1. The number of likely N-dealkylation sites (tertiary alicyclic amines) is 1. The van der Waals surface area contributed by atoms with Crippen molar-refractivity contribution in [1.29, 1.82) is 0 Å². The molecule has 3 aliphatic heterocycles. The molecule has 4 unspecified atom stereocenters. The molecule has 1 N–H and O–H groups in total. The Kier molecular flexibility index (Phi) is 9.27. The lowest BCUT2D eigenvalue weighted by molar-refractivity contribution is -0.145. The van der Waals surface area contributed by atoms with Crippen molar-refractivity contribution in [1.82, 2.24) is 14.7 Å². The van der Waals surface area contributed by atoms with Crippen LogP contribution in [0.25, 0.3) is 0 Å². The number of β-amino-alcohol motifs (C(OH)–C–C–N with tert-alkyl or cyclic N) is 1. The molecule has 1 aromatic carbocycles. The molecule has 4 rings (SSSR count). The number of thioether (sulfide) groups is 1. The molecule has 39 heavy (non-hydrogen) atoms. The topological polar surface area (TPSA) is 81.2 Å². The zero-order valence-corrected chi connectivity index (χ0v) is 24.3. The second-order valence-corrected chi connectivity index (χ2v) is 12.8. The number of nitrogens with zero attached hydrogens (tertiary/aromatic N) is 3. The number of rotatable bonds is 13. The summed E-state index contributed by atoms with van der Waals surface area (Å²) < 4.78 is -0.702. The largest absolute Gasteiger partial charge is 0.395 e. The molecule has 3 saturated heterocycles. The monoisotopic (exact) mass is 553 g/mol. The number of aliphatic hydroxyl groups is 1. The lowest BCUT2D eigenvalue weighted by atomic mass is 9.65. The van der Waals surface area contributed by atoms with Gasteiger partial charge in [0.1, 0.15) is 6.04 Å². The Labute approximate surface area is 237 Å². The molecule has 1 aromatic rings. The van der Waals surface area contributed by atoms with Crippen LogP contribution >= 0.6 is 11.8 Å². The molecular formula is C31H43N3O4S. The maximum Gasteiger partial charge on any atom is 0.247 e. The predicted molar refractivity (Wildman–Crippen MR) is 156 cm³/mol. The second kappa shape index (κ2) is 12.3. The molecular weight excluding hydrogens is 510 g/mol. The van der Waals surface area contributed by atoms with Crippen LogP contribution in [-0.4, -0.2) is 85.8 Å². The molecule has 2 bridgehead atoms. The molecule has 3 heterocycles. The van der Waals surface area contributed by atoms with Gasteiger partial charge in [0.2, 0.25) is 17.7 Å². The fourth-order valence-electron chi connectivity index (χ4n) is 7.19. The van der Waals surface area contributed by atoms with Crippen molar-refractivity contribution in [3.05, 3.63) is 61.2 Å². The van der Waals surface area contributed by atoms with Gasteiger partial charge in [-0.1, -0.05) is 62.8 Å². The van der Waals surface area contributed by atoms with Gasteiger partial charge in [-0.25, -0.2) is 0 Å². The van der Waals surface area contributed by atoms with Crippen LogP contribution in [0.5, 0.6) is 0 Å². The summed E-state index contributed by atoms with van der Waals surface area (Å²) in [6.45, 7) is 15.1. The molecule has 0 aliphatic carbocycles. The average Bonchev–Trinajstić information content (AvgIpc) is 3.51. The highest BCUT2D eigenvalue weighted by Gasteiger charge is 2.76. The zero-order valence-electron chi connectivity index (χ0n) is 23.5. The minimum absolute atomic E-state index is 0.00711. The van der Waals surface area contributed by atoms with Crippen LogP contribution in [0.1, 0.15) is 45.6 Å². The van der Waals surface area contributed by atoms with Crippen LogP contribution in [0.3, 0.4) is 0 Å². The van der Waals surface area contributed by atoms with Crippen LogP contribution in [0.2, 0.25) is 0 Å². The van der Waals surface area contributed by atoms with E-state index in [-0.39, 0.29) is 48.1 Å². The van der Waals surface area contributed by atoms with Gasteiger partial charge < -0.3 is 19.8 Å². The molecule has 3 aliphatic rings. The Morgan fingerprint density at radius 1 is 1.21 bits per heavy atom. The van der Waals surface area contributed by atoms with E-state index in [4.69, 9.17) is 0 Å². The Hall–Kier alpha value is -2.58. The highest BCUT2D eigenvalue weighted by molar-refractivity contribution is 8.02. The number of amides is 3. The number of carbonyl (C=O) groups is 3. The fourth-order valence-corrected chi connectivity index (χ4v) is 9.60. The van der Waals surface area contributed by atoms with Gasteiger partial charge in [-0.3, -0.25) is 14.4 Å². The number of hydrogen-bond acceptors (Lipinski definition) is 5. The number of hydrogen-bond donors (Lipinski definition) is 1. The highest BCUT2D eigenvalue weighted by Crippen LogP contribution is 2.68. The summed E-state index contributed by atoms with van der Waals surface area (Å²) in [5, 5.41) is 9.91. The van der Waals surface area contributed by atoms with E-state index in [0.29, 0.717) is 19.6 Å². The first kappa shape index (κ1) is 29.4. The van der Waals surface area contributed by atoms with Gasteiger partial charge in [0.15, 0.2) is 0 Å². The van der Waals surface area contributed by atoms with Crippen molar-refractivity contribution in [3.63, 3.8) is 0 Å². The summed E-state index contributed by atoms with van der Waals surface area (Å²) in [5.74, 6) is -1.36. The van der Waals surface area contributed by atoms with E-state index in [1.807, 2.05) is 42.2 Å². The van der Waals surface area contributed by atoms with Gasteiger partial charge in [0.25, 0.3) is 0 Å². The summed E-state index contributed by atoms with van der Waals surface area (Å²) in [6, 6.07) is 9.11. The van der Waals surface area contributed by atoms with Crippen molar-refractivity contribution in [3.8, 4) is 0 Å². The van der Waals surface area contributed by atoms with Gasteiger partial charge in [0, 0.05) is 37.5 Å². The van der Waals surface area contributed by atoms with E-state index < -0.39 is 22.6 Å². The Balaban J connectivity index is 1.73. The molecule has 7 nitrogen and oxygen atoms in total. The van der Waals surface area contributed by atoms with Crippen molar-refractivity contribution in [2.24, 2.45) is 17.8 Å². The molecule has 3 amide bonds. The first-order valence-electron chi connectivity index (χ1n) is 14.2. The van der Waals surface area contributed by atoms with Gasteiger partial charge in [-0.15, -0.1) is 24.9 Å². The summed E-state index contributed by atoms with van der Waals surface area (Å²) in [7, 11) is 0. The van der Waals surface area contributed by atoms with Crippen LogP contribution in [-0.2, 0) is 20.9 Å². The summed E-state index contributed by atoms with van der Waals surface area (Å²) >= 11 is 1.68. The van der Waals surface area contributed by atoms with E-state index >= 15 is 0 Å². The average molecular weight is 554 g/mol. The second-order valence-electron chi connectivity index (χ2n) is 11.2. The highest BCUT2D eigenvalue weighted by atomic mass is 32.2. The smallest absolute Gasteiger partial charge is 0.247 e. The number of benzene rings is 1.